The average molecular weight is 307 g/mol. The van der Waals surface area contributed by atoms with Crippen molar-refractivity contribution in [2.45, 2.75) is 0 Å². The molecule has 0 unspecified atom stereocenters. The number of hydrogen-bond acceptors (Lipinski definition) is 3. The fraction of sp³-hybridized carbons (Fsp3) is 0. The maximum Gasteiger partial charge on any atom is 0.256 e. The van der Waals surface area contributed by atoms with Gasteiger partial charge in [0.25, 0.3) is 5.91 Å². The van der Waals surface area contributed by atoms with Crippen molar-refractivity contribution >= 4 is 11.7 Å². The van der Waals surface area contributed by atoms with Crippen molar-refractivity contribution in [2.24, 2.45) is 0 Å². The molecule has 0 atom stereocenters. The predicted molar refractivity (Wildman–Crippen MR) is 56.4 cm³/mol. The van der Waals surface area contributed by atoms with Crippen molar-refractivity contribution in [3.8, 4) is 0 Å². The summed E-state index contributed by atoms with van der Waals surface area (Å²) in [6.07, 6.45) is 1.55. The molecule has 0 saturated carbocycles. The molecule has 0 spiro atoms. The monoisotopic (exact) mass is 306 g/mol. The first kappa shape index (κ1) is 12.6. The molecule has 0 aliphatic carbocycles. The van der Waals surface area contributed by atoms with Gasteiger partial charge >= 0.3 is 0 Å². The number of anilines is 1. The largest absolute Gasteiger partial charge is 0.305 e. The van der Waals surface area contributed by atoms with Crippen LogP contribution >= 0.6 is 0 Å². The zero-order valence-corrected chi connectivity index (χ0v) is 9.71. The molecule has 1 aromatic carbocycles. The van der Waals surface area contributed by atoms with Gasteiger partial charge in [0, 0.05) is 34.1 Å². The number of rotatable bonds is 2. The van der Waals surface area contributed by atoms with Gasteiger partial charge in [0.15, 0.2) is 5.82 Å². The quantitative estimate of drug-likeness (QED) is 0.860. The van der Waals surface area contributed by atoms with Crippen molar-refractivity contribution in [3.63, 3.8) is 0 Å². The molecule has 2 aromatic rings. The third kappa shape index (κ3) is 3.27. The van der Waals surface area contributed by atoms with E-state index in [4.69, 9.17) is 0 Å². The SMILES string of the molecule is O=C(Nc1cccnn1)c1ccccc1.[Ag]. The number of nitrogens with one attached hydrogen (secondary N) is 1. The fourth-order valence-corrected chi connectivity index (χ4v) is 1.15. The van der Waals surface area contributed by atoms with Gasteiger partial charge in [0.1, 0.15) is 0 Å². The summed E-state index contributed by atoms with van der Waals surface area (Å²) < 4.78 is 0. The summed E-state index contributed by atoms with van der Waals surface area (Å²) >= 11 is 0. The van der Waals surface area contributed by atoms with Crippen molar-refractivity contribution in [1.29, 1.82) is 0 Å². The number of carbonyl (C=O) groups excluding carboxylic acids is 1. The van der Waals surface area contributed by atoms with Gasteiger partial charge in [-0.25, -0.2) is 0 Å². The maximum absolute atomic E-state index is 11.6. The van der Waals surface area contributed by atoms with E-state index in [1.165, 1.54) is 0 Å². The molecule has 5 heteroatoms. The van der Waals surface area contributed by atoms with Crippen LogP contribution in [0.5, 0.6) is 0 Å². The summed E-state index contributed by atoms with van der Waals surface area (Å²) in [4.78, 5) is 11.6. The summed E-state index contributed by atoms with van der Waals surface area (Å²) in [6.45, 7) is 0. The average Bonchev–Trinajstić information content (AvgIpc) is 2.31. The van der Waals surface area contributed by atoms with Crippen LogP contribution in [-0.4, -0.2) is 16.1 Å². The van der Waals surface area contributed by atoms with Gasteiger partial charge in [-0.05, 0) is 24.3 Å². The van der Waals surface area contributed by atoms with Crippen LogP contribution in [0.4, 0.5) is 5.82 Å². The number of carbonyl (C=O) groups is 1. The van der Waals surface area contributed by atoms with Crippen LogP contribution in [0.3, 0.4) is 0 Å². The Morgan fingerprint density at radius 3 is 2.44 bits per heavy atom. The second-order valence-electron chi connectivity index (χ2n) is 2.93. The van der Waals surface area contributed by atoms with Crippen LogP contribution in [0.1, 0.15) is 10.4 Å². The first-order valence-corrected chi connectivity index (χ1v) is 4.50. The summed E-state index contributed by atoms with van der Waals surface area (Å²) in [7, 11) is 0. The third-order valence-corrected chi connectivity index (χ3v) is 1.85. The van der Waals surface area contributed by atoms with Crippen LogP contribution in [-0.2, 0) is 22.4 Å². The Balaban J connectivity index is 0.00000128. The molecule has 16 heavy (non-hydrogen) atoms. The minimum Gasteiger partial charge on any atom is -0.305 e. The Hall–Kier alpha value is -1.49. The van der Waals surface area contributed by atoms with Crippen LogP contribution in [0, 0.1) is 0 Å². The van der Waals surface area contributed by atoms with Gasteiger partial charge in [0.2, 0.25) is 0 Å². The predicted octanol–water partition coefficient (Wildman–Crippen LogP) is 1.73. The van der Waals surface area contributed by atoms with E-state index in [9.17, 15) is 4.79 Å². The fourth-order valence-electron chi connectivity index (χ4n) is 1.15. The summed E-state index contributed by atoms with van der Waals surface area (Å²) in [5, 5.41) is 10.1. The molecule has 0 aliphatic rings. The van der Waals surface area contributed by atoms with Gasteiger partial charge in [-0.1, -0.05) is 18.2 Å². The zero-order valence-electron chi connectivity index (χ0n) is 8.22. The Morgan fingerprint density at radius 2 is 1.81 bits per heavy atom. The molecular weight excluding hydrogens is 298 g/mol. The van der Waals surface area contributed by atoms with Crippen molar-refractivity contribution < 1.29 is 27.2 Å². The van der Waals surface area contributed by atoms with Gasteiger partial charge in [0.05, 0.1) is 0 Å². The topological polar surface area (TPSA) is 54.9 Å². The van der Waals surface area contributed by atoms with E-state index in [2.05, 4.69) is 15.5 Å². The van der Waals surface area contributed by atoms with Gasteiger partial charge in [-0.2, -0.15) is 5.10 Å². The van der Waals surface area contributed by atoms with E-state index in [0.29, 0.717) is 11.4 Å². The Bertz CT molecular complexity index is 447. The third-order valence-electron chi connectivity index (χ3n) is 1.85. The van der Waals surface area contributed by atoms with Crippen LogP contribution in [0.25, 0.3) is 0 Å². The second kappa shape index (κ2) is 6.17. The second-order valence-corrected chi connectivity index (χ2v) is 2.93. The molecule has 1 aromatic heterocycles. The van der Waals surface area contributed by atoms with E-state index in [-0.39, 0.29) is 28.3 Å². The first-order valence-electron chi connectivity index (χ1n) is 4.50. The van der Waals surface area contributed by atoms with Gasteiger partial charge in [-0.15, -0.1) is 5.10 Å². The van der Waals surface area contributed by atoms with E-state index in [1.807, 2.05) is 18.2 Å². The van der Waals surface area contributed by atoms with E-state index >= 15 is 0 Å². The Kier molecular flexibility index (Phi) is 4.85. The number of benzene rings is 1. The molecule has 1 amide bonds. The molecule has 0 aliphatic heterocycles. The van der Waals surface area contributed by atoms with Gasteiger partial charge in [-0.3, -0.25) is 4.79 Å². The van der Waals surface area contributed by atoms with Crippen molar-refractivity contribution in [2.75, 3.05) is 5.32 Å². The molecular formula is C11H9AgN3O. The Morgan fingerprint density at radius 1 is 1.06 bits per heavy atom. The minimum absolute atomic E-state index is 0. The number of aromatic nitrogens is 2. The van der Waals surface area contributed by atoms with Crippen LogP contribution < -0.4 is 5.32 Å². The molecule has 0 fully saturated rings. The molecule has 2 rings (SSSR count). The zero-order chi connectivity index (χ0) is 10.5. The van der Waals surface area contributed by atoms with Crippen LogP contribution in [0.15, 0.2) is 48.7 Å². The van der Waals surface area contributed by atoms with Crippen molar-refractivity contribution in [3.05, 3.63) is 54.2 Å². The van der Waals surface area contributed by atoms with E-state index in [1.54, 1.807) is 30.5 Å². The summed E-state index contributed by atoms with van der Waals surface area (Å²) in [5.74, 6) is 0.266. The first-order chi connectivity index (χ1) is 7.36. The smallest absolute Gasteiger partial charge is 0.256 e. The Labute approximate surface area is 109 Å². The molecule has 0 bridgehead atoms. The minimum atomic E-state index is -0.184. The molecule has 0 saturated heterocycles. The molecule has 4 nitrogen and oxygen atoms in total. The standard InChI is InChI=1S/C11H9N3O.Ag/c15-11(9-5-2-1-3-6-9)13-10-7-4-8-12-14-10;/h1-8H,(H,13,14,15);. The number of hydrogen-bond donors (Lipinski definition) is 1. The number of nitrogens with zero attached hydrogens (tertiary/aromatic N) is 2. The van der Waals surface area contributed by atoms with Gasteiger partial charge < -0.3 is 5.32 Å². The van der Waals surface area contributed by atoms with Crippen LogP contribution in [0.2, 0.25) is 0 Å². The number of amides is 1. The molecule has 1 radical (unpaired) electrons. The normalized spacial score (nSPS) is 9.00. The molecule has 1 N–H and O–H groups in total. The summed E-state index contributed by atoms with van der Waals surface area (Å²) in [6, 6.07) is 12.4. The molecule has 85 valence electrons. The van der Waals surface area contributed by atoms with Crippen molar-refractivity contribution in [1.82, 2.24) is 10.2 Å². The van der Waals surface area contributed by atoms with E-state index < -0.39 is 0 Å². The summed E-state index contributed by atoms with van der Waals surface area (Å²) in [5.41, 5.74) is 0.600. The van der Waals surface area contributed by atoms with E-state index in [0.717, 1.165) is 0 Å². The maximum atomic E-state index is 11.6. The molecule has 1 heterocycles.